The average molecular weight is 466 g/mol. The molecule has 0 radical (unpaired) electrons. The molecule has 7 nitrogen and oxygen atoms in total. The topological polar surface area (TPSA) is 95.6 Å². The third kappa shape index (κ3) is 6.06. The summed E-state index contributed by atoms with van der Waals surface area (Å²) >= 11 is 0. The van der Waals surface area contributed by atoms with Crippen LogP contribution >= 0.6 is 0 Å². The Balaban J connectivity index is 1.86. The molecule has 2 N–H and O–H groups in total. The van der Waals surface area contributed by atoms with Crippen molar-refractivity contribution in [1.82, 2.24) is 9.62 Å². The minimum absolute atomic E-state index is 0.240. The molecule has 3 rings (SSSR count). The number of hydrogen-bond donors (Lipinski definition) is 2. The van der Waals surface area contributed by atoms with Gasteiger partial charge in [-0.1, -0.05) is 72.8 Å². The van der Waals surface area contributed by atoms with Gasteiger partial charge in [0.05, 0.1) is 23.5 Å². The molecule has 0 unspecified atom stereocenters. The highest BCUT2D eigenvalue weighted by Gasteiger charge is 2.31. The molecule has 0 heterocycles. The number of nitrogens with one attached hydrogen (secondary N) is 2. The summed E-state index contributed by atoms with van der Waals surface area (Å²) in [7, 11) is -2.31. The van der Waals surface area contributed by atoms with Crippen LogP contribution in [-0.2, 0) is 14.8 Å². The van der Waals surface area contributed by atoms with Crippen molar-refractivity contribution in [3.8, 4) is 0 Å². The van der Waals surface area contributed by atoms with Crippen LogP contribution in [0.3, 0.4) is 0 Å². The van der Waals surface area contributed by atoms with Crippen LogP contribution < -0.4 is 10.6 Å². The maximum atomic E-state index is 13.3. The highest BCUT2D eigenvalue weighted by molar-refractivity contribution is 7.88. The second-order valence-electron chi connectivity index (χ2n) is 7.73. The average Bonchev–Trinajstić information content (AvgIpc) is 2.80. The molecule has 3 aromatic rings. The molecule has 0 aliphatic heterocycles. The Morgan fingerprint density at radius 3 is 1.91 bits per heavy atom. The number of hydrogen-bond acceptors (Lipinski definition) is 4. The van der Waals surface area contributed by atoms with Crippen LogP contribution in [0.2, 0.25) is 0 Å². The van der Waals surface area contributed by atoms with Crippen molar-refractivity contribution in [1.29, 1.82) is 0 Å². The molecule has 2 amide bonds. The lowest BCUT2D eigenvalue weighted by Gasteiger charge is -2.26. The Labute approximate surface area is 194 Å². The minimum atomic E-state index is -3.67. The van der Waals surface area contributed by atoms with Crippen molar-refractivity contribution >= 4 is 27.5 Å². The van der Waals surface area contributed by atoms with Crippen molar-refractivity contribution in [3.63, 3.8) is 0 Å². The fourth-order valence-electron chi connectivity index (χ4n) is 3.44. The van der Waals surface area contributed by atoms with E-state index in [0.717, 1.165) is 16.1 Å². The lowest BCUT2D eigenvalue weighted by molar-refractivity contribution is -0.119. The van der Waals surface area contributed by atoms with Crippen LogP contribution in [-0.4, -0.2) is 37.8 Å². The van der Waals surface area contributed by atoms with Gasteiger partial charge in [0.25, 0.3) is 5.91 Å². The van der Waals surface area contributed by atoms with Gasteiger partial charge < -0.3 is 10.6 Å². The quantitative estimate of drug-likeness (QED) is 0.530. The van der Waals surface area contributed by atoms with Crippen molar-refractivity contribution in [2.24, 2.45) is 0 Å². The van der Waals surface area contributed by atoms with Crippen molar-refractivity contribution in [2.45, 2.75) is 19.0 Å². The van der Waals surface area contributed by atoms with Crippen LogP contribution in [0.15, 0.2) is 84.9 Å². The molecule has 0 saturated heterocycles. The zero-order chi connectivity index (χ0) is 24.0. The highest BCUT2D eigenvalue weighted by Crippen LogP contribution is 2.25. The summed E-state index contributed by atoms with van der Waals surface area (Å²) in [4.78, 5) is 26.3. The predicted molar refractivity (Wildman–Crippen MR) is 129 cm³/mol. The van der Waals surface area contributed by atoms with Gasteiger partial charge >= 0.3 is 0 Å². The summed E-state index contributed by atoms with van der Waals surface area (Å²) in [6.45, 7) is 1.88. The molecule has 172 valence electrons. The Bertz CT molecular complexity index is 1210. The van der Waals surface area contributed by atoms with E-state index in [-0.39, 0.29) is 17.5 Å². The summed E-state index contributed by atoms with van der Waals surface area (Å²) in [6, 6.07) is 23.5. The van der Waals surface area contributed by atoms with E-state index in [1.165, 1.54) is 7.05 Å². The first-order chi connectivity index (χ1) is 15.7. The van der Waals surface area contributed by atoms with E-state index in [4.69, 9.17) is 0 Å². The Hall–Kier alpha value is -3.49. The van der Waals surface area contributed by atoms with Gasteiger partial charge in [-0.25, -0.2) is 8.42 Å². The zero-order valence-corrected chi connectivity index (χ0v) is 19.5. The van der Waals surface area contributed by atoms with Crippen LogP contribution in [0.25, 0.3) is 0 Å². The van der Waals surface area contributed by atoms with Gasteiger partial charge in [0.1, 0.15) is 6.04 Å². The highest BCUT2D eigenvalue weighted by atomic mass is 32.2. The number of carbonyl (C=O) groups excluding carboxylic acids is 2. The van der Waals surface area contributed by atoms with E-state index >= 15 is 0 Å². The number of carbonyl (C=O) groups is 2. The number of nitrogens with zero attached hydrogens (tertiary/aromatic N) is 1. The van der Waals surface area contributed by atoms with E-state index < -0.39 is 22.0 Å². The third-order valence-corrected chi connectivity index (χ3v) is 6.58. The number of para-hydroxylation sites is 1. The first kappa shape index (κ1) is 24.2. The van der Waals surface area contributed by atoms with Gasteiger partial charge in [0.15, 0.2) is 0 Å². The largest absolute Gasteiger partial charge is 0.345 e. The normalized spacial score (nSPS) is 13.2. The number of anilines is 1. The Morgan fingerprint density at radius 2 is 1.33 bits per heavy atom. The number of likely N-dealkylation sites (N-methyl/N-ethyl adjacent to an activating group) is 1. The number of benzene rings is 3. The van der Waals surface area contributed by atoms with Gasteiger partial charge in [-0.2, -0.15) is 4.31 Å². The Kier molecular flexibility index (Phi) is 7.63. The number of amides is 2. The second-order valence-corrected chi connectivity index (χ2v) is 9.78. The molecule has 3 aromatic carbocycles. The van der Waals surface area contributed by atoms with Gasteiger partial charge in [0.2, 0.25) is 15.9 Å². The number of rotatable bonds is 8. The molecule has 0 aliphatic rings. The zero-order valence-electron chi connectivity index (χ0n) is 18.7. The van der Waals surface area contributed by atoms with E-state index in [0.29, 0.717) is 11.3 Å². The van der Waals surface area contributed by atoms with Crippen molar-refractivity contribution in [3.05, 3.63) is 102 Å². The molecule has 2 atom stereocenters. The maximum absolute atomic E-state index is 13.3. The smallest absolute Gasteiger partial charge is 0.253 e. The van der Waals surface area contributed by atoms with E-state index in [1.807, 2.05) is 37.3 Å². The maximum Gasteiger partial charge on any atom is 0.253 e. The molecule has 33 heavy (non-hydrogen) atoms. The second kappa shape index (κ2) is 10.4. The van der Waals surface area contributed by atoms with Crippen LogP contribution in [0.4, 0.5) is 5.69 Å². The molecule has 0 saturated carbocycles. The van der Waals surface area contributed by atoms with Gasteiger partial charge in [-0.05, 0) is 30.2 Å². The van der Waals surface area contributed by atoms with Gasteiger partial charge in [-0.15, -0.1) is 0 Å². The number of sulfonamides is 1. The summed E-state index contributed by atoms with van der Waals surface area (Å²) in [5.41, 5.74) is 2.04. The van der Waals surface area contributed by atoms with Crippen molar-refractivity contribution in [2.75, 3.05) is 18.6 Å². The molecule has 0 spiro atoms. The lowest BCUT2D eigenvalue weighted by atomic mass is 10.1. The standard InChI is InChI=1S/C25H27N3O4S/c1-18(19-12-6-4-7-13-19)26-24(29)21-16-10-11-17-22(21)27-25(30)23(28(2)33(3,31)32)20-14-8-5-9-15-20/h4-18,23H,1-3H3,(H,26,29)(H,27,30)/t18-,23-/m0/s1. The van der Waals surface area contributed by atoms with Crippen LogP contribution in [0.5, 0.6) is 0 Å². The molecule has 0 bridgehead atoms. The fourth-order valence-corrected chi connectivity index (χ4v) is 4.04. The van der Waals surface area contributed by atoms with Crippen LogP contribution in [0.1, 0.15) is 40.5 Å². The predicted octanol–water partition coefficient (Wildman–Crippen LogP) is 3.75. The summed E-state index contributed by atoms with van der Waals surface area (Å²) in [5, 5.41) is 5.69. The van der Waals surface area contributed by atoms with Gasteiger partial charge in [-0.3, -0.25) is 9.59 Å². The van der Waals surface area contributed by atoms with E-state index in [1.54, 1.807) is 54.6 Å². The van der Waals surface area contributed by atoms with Crippen molar-refractivity contribution < 1.29 is 18.0 Å². The molecule has 0 aliphatic carbocycles. The Morgan fingerprint density at radius 1 is 0.818 bits per heavy atom. The SMILES string of the molecule is C[C@H](NC(=O)c1ccccc1NC(=O)[C@H](c1ccccc1)N(C)S(C)(=O)=O)c1ccccc1. The summed E-state index contributed by atoms with van der Waals surface area (Å²) in [5.74, 6) is -0.916. The molecule has 0 aromatic heterocycles. The third-order valence-electron chi connectivity index (χ3n) is 5.33. The first-order valence-corrected chi connectivity index (χ1v) is 12.3. The molecular weight excluding hydrogens is 438 g/mol. The minimum Gasteiger partial charge on any atom is -0.345 e. The molecular formula is C25H27N3O4S. The molecule has 0 fully saturated rings. The van der Waals surface area contributed by atoms with Crippen LogP contribution in [0, 0.1) is 0 Å². The van der Waals surface area contributed by atoms with Gasteiger partial charge in [0, 0.05) is 7.05 Å². The van der Waals surface area contributed by atoms with E-state index in [2.05, 4.69) is 10.6 Å². The fraction of sp³-hybridized carbons (Fsp3) is 0.200. The summed E-state index contributed by atoms with van der Waals surface area (Å²) < 4.78 is 25.4. The lowest BCUT2D eigenvalue weighted by Crippen LogP contribution is -2.38. The van der Waals surface area contributed by atoms with E-state index in [9.17, 15) is 18.0 Å². The monoisotopic (exact) mass is 465 g/mol. The summed E-state index contributed by atoms with van der Waals surface area (Å²) in [6.07, 6.45) is 1.04. The first-order valence-electron chi connectivity index (χ1n) is 10.4. The molecule has 8 heteroatoms.